The van der Waals surface area contributed by atoms with Crippen molar-refractivity contribution in [3.05, 3.63) is 16.7 Å². The summed E-state index contributed by atoms with van der Waals surface area (Å²) >= 11 is 1.19. The second-order valence-corrected chi connectivity index (χ2v) is 5.86. The summed E-state index contributed by atoms with van der Waals surface area (Å²) in [6.45, 7) is -0.262. The van der Waals surface area contributed by atoms with Crippen molar-refractivity contribution in [2.24, 2.45) is 0 Å². The first-order chi connectivity index (χ1) is 9.52. The summed E-state index contributed by atoms with van der Waals surface area (Å²) in [6, 6.07) is 0. The molecular formula is C10H13N5O4S. The minimum Gasteiger partial charge on any atom is -0.395 e. The molecule has 0 unspecified atom stereocenters. The van der Waals surface area contributed by atoms with Crippen LogP contribution in [0.4, 0.5) is 5.95 Å². The predicted octanol–water partition coefficient (Wildman–Crippen LogP) is -1.97. The monoisotopic (exact) mass is 299 g/mol. The van der Waals surface area contributed by atoms with Crippen LogP contribution in [0.3, 0.4) is 0 Å². The molecule has 10 heteroatoms. The number of rotatable bonds is 2. The molecule has 2 aromatic rings. The zero-order chi connectivity index (χ0) is 14.4. The fourth-order valence-electron chi connectivity index (χ4n) is 2.24. The third-order valence-electron chi connectivity index (χ3n) is 3.24. The zero-order valence-electron chi connectivity index (χ0n) is 10.2. The molecule has 20 heavy (non-hydrogen) atoms. The van der Waals surface area contributed by atoms with E-state index < -0.39 is 28.4 Å². The molecule has 1 aliphatic heterocycles. The molecule has 2 aromatic heterocycles. The highest BCUT2D eigenvalue weighted by molar-refractivity contribution is 8.00. The van der Waals surface area contributed by atoms with Crippen molar-refractivity contribution in [3.8, 4) is 0 Å². The fraction of sp³-hybridized carbons (Fsp3) is 0.500. The standard InChI is InChI=1S/C10H13N5O4S/c11-10-13-7-4(8(19)14-10)12-2-15(7)9-6(18)5(17)3(1-16)20-9/h2-3,5-6,9,16-18H,1H2,(H3,11,13,14,19)/t3-,5-,6-,9-/m1/s1. The molecule has 0 bridgehead atoms. The summed E-state index contributed by atoms with van der Waals surface area (Å²) < 4.78 is 1.48. The number of thioether (sulfide) groups is 1. The van der Waals surface area contributed by atoms with Gasteiger partial charge in [-0.25, -0.2) is 4.98 Å². The third kappa shape index (κ3) is 1.88. The highest BCUT2D eigenvalue weighted by Gasteiger charge is 2.43. The number of hydrogen-bond acceptors (Lipinski definition) is 8. The average Bonchev–Trinajstić information content (AvgIpc) is 2.93. The number of aromatic amines is 1. The average molecular weight is 299 g/mol. The molecule has 1 aliphatic rings. The van der Waals surface area contributed by atoms with E-state index in [1.165, 1.54) is 22.7 Å². The zero-order valence-corrected chi connectivity index (χ0v) is 11.0. The van der Waals surface area contributed by atoms with E-state index in [4.69, 9.17) is 10.8 Å². The molecule has 1 saturated heterocycles. The van der Waals surface area contributed by atoms with Gasteiger partial charge in [-0.1, -0.05) is 0 Å². The van der Waals surface area contributed by atoms with Gasteiger partial charge in [0.05, 0.1) is 24.3 Å². The molecule has 0 saturated carbocycles. The Morgan fingerprint density at radius 3 is 2.85 bits per heavy atom. The van der Waals surface area contributed by atoms with Crippen molar-refractivity contribution in [2.45, 2.75) is 22.8 Å². The Kier molecular flexibility index (Phi) is 3.17. The van der Waals surface area contributed by atoms with Crippen molar-refractivity contribution < 1.29 is 15.3 Å². The van der Waals surface area contributed by atoms with Crippen LogP contribution in [0.5, 0.6) is 0 Å². The maximum Gasteiger partial charge on any atom is 0.280 e. The van der Waals surface area contributed by atoms with Crippen LogP contribution in [0, 0.1) is 0 Å². The van der Waals surface area contributed by atoms with Crippen LogP contribution in [0.2, 0.25) is 0 Å². The number of nitrogens with one attached hydrogen (secondary N) is 1. The summed E-state index contributed by atoms with van der Waals surface area (Å²) in [5, 5.41) is 27.9. The summed E-state index contributed by atoms with van der Waals surface area (Å²) in [6.07, 6.45) is -0.802. The topological polar surface area (TPSA) is 150 Å². The lowest BCUT2D eigenvalue weighted by molar-refractivity contribution is 0.0113. The van der Waals surface area contributed by atoms with Crippen LogP contribution in [0.15, 0.2) is 11.1 Å². The smallest absolute Gasteiger partial charge is 0.280 e. The Morgan fingerprint density at radius 2 is 2.20 bits per heavy atom. The number of nitrogen functional groups attached to an aromatic ring is 1. The van der Waals surface area contributed by atoms with Crippen molar-refractivity contribution in [3.63, 3.8) is 0 Å². The van der Waals surface area contributed by atoms with Crippen molar-refractivity contribution in [1.29, 1.82) is 0 Å². The summed E-state index contributed by atoms with van der Waals surface area (Å²) in [7, 11) is 0. The first kappa shape index (κ1) is 13.4. The van der Waals surface area contributed by atoms with Crippen LogP contribution in [-0.4, -0.2) is 58.9 Å². The number of aliphatic hydroxyl groups is 3. The number of fused-ring (bicyclic) bond motifs is 1. The van der Waals surface area contributed by atoms with E-state index in [0.29, 0.717) is 0 Å². The van der Waals surface area contributed by atoms with Gasteiger partial charge >= 0.3 is 0 Å². The molecule has 0 aliphatic carbocycles. The van der Waals surface area contributed by atoms with Crippen LogP contribution in [-0.2, 0) is 0 Å². The van der Waals surface area contributed by atoms with Gasteiger partial charge in [0, 0.05) is 0 Å². The molecular weight excluding hydrogens is 286 g/mol. The Morgan fingerprint density at radius 1 is 1.45 bits per heavy atom. The minimum atomic E-state index is -1.10. The number of H-pyrrole nitrogens is 1. The summed E-state index contributed by atoms with van der Waals surface area (Å²) in [5.74, 6) is -0.0546. The van der Waals surface area contributed by atoms with Crippen molar-refractivity contribution in [2.75, 3.05) is 12.3 Å². The van der Waals surface area contributed by atoms with Gasteiger partial charge < -0.3 is 21.1 Å². The fourth-order valence-corrected chi connectivity index (χ4v) is 3.61. The molecule has 0 aromatic carbocycles. The maximum absolute atomic E-state index is 11.7. The quantitative estimate of drug-likeness (QED) is 0.428. The lowest BCUT2D eigenvalue weighted by Gasteiger charge is -2.16. The molecule has 4 atom stereocenters. The van der Waals surface area contributed by atoms with Gasteiger partial charge in [-0.05, 0) is 0 Å². The minimum absolute atomic E-state index is 0.0546. The lowest BCUT2D eigenvalue weighted by atomic mass is 10.1. The molecule has 9 nitrogen and oxygen atoms in total. The largest absolute Gasteiger partial charge is 0.395 e. The molecule has 108 valence electrons. The van der Waals surface area contributed by atoms with E-state index in [1.807, 2.05) is 0 Å². The number of nitrogens with zero attached hydrogens (tertiary/aromatic N) is 3. The number of anilines is 1. The van der Waals surface area contributed by atoms with E-state index in [9.17, 15) is 15.0 Å². The Balaban J connectivity index is 2.09. The highest BCUT2D eigenvalue weighted by atomic mass is 32.2. The van der Waals surface area contributed by atoms with Crippen molar-refractivity contribution in [1.82, 2.24) is 19.5 Å². The number of imidazole rings is 1. The highest BCUT2D eigenvalue weighted by Crippen LogP contribution is 2.42. The van der Waals surface area contributed by atoms with Gasteiger partial charge in [-0.2, -0.15) is 4.98 Å². The van der Waals surface area contributed by atoms with Gasteiger partial charge in [0.1, 0.15) is 11.5 Å². The summed E-state index contributed by atoms with van der Waals surface area (Å²) in [5.41, 5.74) is 5.37. The van der Waals surface area contributed by atoms with Crippen molar-refractivity contribution >= 4 is 28.9 Å². The SMILES string of the molecule is Nc1nc2c(ncn2[C@@H]2S[C@H](CO)[C@@H](O)[C@H]2O)c(=O)[nH]1. The van der Waals surface area contributed by atoms with E-state index in [-0.39, 0.29) is 23.7 Å². The Bertz CT molecular complexity index is 701. The predicted molar refractivity (Wildman–Crippen MR) is 72.1 cm³/mol. The van der Waals surface area contributed by atoms with E-state index in [1.54, 1.807) is 0 Å². The molecule has 3 rings (SSSR count). The second-order valence-electron chi connectivity index (χ2n) is 4.50. The van der Waals surface area contributed by atoms with Gasteiger partial charge in [-0.15, -0.1) is 11.8 Å². The lowest BCUT2D eigenvalue weighted by Crippen LogP contribution is -2.32. The van der Waals surface area contributed by atoms with Crippen LogP contribution in [0.1, 0.15) is 5.37 Å². The number of nitrogens with two attached hydrogens (primary N) is 1. The Labute approximate surface area is 116 Å². The number of hydrogen-bond donors (Lipinski definition) is 5. The van der Waals surface area contributed by atoms with Crippen LogP contribution < -0.4 is 11.3 Å². The summed E-state index contributed by atoms with van der Waals surface area (Å²) in [4.78, 5) is 22.0. The maximum atomic E-state index is 11.7. The number of aromatic nitrogens is 4. The van der Waals surface area contributed by atoms with Gasteiger partial charge in [-0.3, -0.25) is 14.3 Å². The van der Waals surface area contributed by atoms with E-state index >= 15 is 0 Å². The van der Waals surface area contributed by atoms with Crippen LogP contribution >= 0.6 is 11.8 Å². The molecule has 0 radical (unpaired) electrons. The third-order valence-corrected chi connectivity index (χ3v) is 4.80. The molecule has 0 amide bonds. The van der Waals surface area contributed by atoms with Gasteiger partial charge in [0.15, 0.2) is 11.2 Å². The molecule has 1 fully saturated rings. The van der Waals surface area contributed by atoms with E-state index in [0.717, 1.165) is 0 Å². The van der Waals surface area contributed by atoms with E-state index in [2.05, 4.69) is 15.0 Å². The van der Waals surface area contributed by atoms with Gasteiger partial charge in [0.2, 0.25) is 5.95 Å². The first-order valence-corrected chi connectivity index (χ1v) is 6.82. The Hall–Kier alpha value is -1.62. The van der Waals surface area contributed by atoms with Gasteiger partial charge in [0.25, 0.3) is 5.56 Å². The molecule has 6 N–H and O–H groups in total. The molecule has 0 spiro atoms. The second kappa shape index (κ2) is 4.74. The molecule has 3 heterocycles. The first-order valence-electron chi connectivity index (χ1n) is 5.87. The number of aliphatic hydroxyl groups excluding tert-OH is 3. The normalized spacial score (nSPS) is 30.1. The van der Waals surface area contributed by atoms with Crippen LogP contribution in [0.25, 0.3) is 11.2 Å².